The number of rotatable bonds is 4. The summed E-state index contributed by atoms with van der Waals surface area (Å²) in [6.07, 6.45) is 0.244. The fourth-order valence-electron chi connectivity index (χ4n) is 1.32. The number of ether oxygens (including phenoxy) is 1. The molecule has 0 aliphatic rings. The van der Waals surface area contributed by atoms with E-state index in [4.69, 9.17) is 10.5 Å². The topological polar surface area (TPSA) is 35.2 Å². The Morgan fingerprint density at radius 1 is 1.27 bits per heavy atom. The molecule has 0 radical (unpaired) electrons. The highest BCUT2D eigenvalue weighted by atomic mass is 16.5. The second kappa shape index (κ2) is 5.17. The van der Waals surface area contributed by atoms with Gasteiger partial charge < -0.3 is 10.5 Å². The molecule has 0 heterocycles. The first-order valence-corrected chi connectivity index (χ1v) is 5.51. The lowest BCUT2D eigenvalue weighted by Crippen LogP contribution is -2.18. The summed E-state index contributed by atoms with van der Waals surface area (Å²) in [7, 11) is 0. The fraction of sp³-hybridized carbons (Fsp3) is 0.538. The molecule has 0 amide bonds. The molecule has 1 rings (SSSR count). The predicted octanol–water partition coefficient (Wildman–Crippen LogP) is 2.88. The van der Waals surface area contributed by atoms with Gasteiger partial charge in [0.25, 0.3) is 0 Å². The minimum absolute atomic E-state index is 0.244. The summed E-state index contributed by atoms with van der Waals surface area (Å²) >= 11 is 0. The normalized spacial score (nSPS) is 12.9. The second-order valence-corrected chi connectivity index (χ2v) is 4.36. The third-order valence-corrected chi connectivity index (χ3v) is 2.79. The lowest BCUT2D eigenvalue weighted by Gasteiger charge is -2.18. The summed E-state index contributed by atoms with van der Waals surface area (Å²) in [6, 6.07) is 6.09. The molecule has 0 bridgehead atoms. The van der Waals surface area contributed by atoms with Gasteiger partial charge in [0.1, 0.15) is 5.75 Å². The van der Waals surface area contributed by atoms with Crippen LogP contribution in [0.1, 0.15) is 31.9 Å². The van der Waals surface area contributed by atoms with E-state index in [-0.39, 0.29) is 6.10 Å². The maximum atomic E-state index is 5.82. The highest BCUT2D eigenvalue weighted by Gasteiger charge is 2.09. The average Bonchev–Trinajstić information content (AvgIpc) is 2.18. The molecule has 15 heavy (non-hydrogen) atoms. The Bertz CT molecular complexity index is 320. The number of benzene rings is 1. The first-order valence-electron chi connectivity index (χ1n) is 5.51. The smallest absolute Gasteiger partial charge is 0.119 e. The van der Waals surface area contributed by atoms with Crippen molar-refractivity contribution in [1.29, 1.82) is 0 Å². The molecular weight excluding hydrogens is 186 g/mol. The van der Waals surface area contributed by atoms with Crippen LogP contribution in [0.4, 0.5) is 0 Å². The van der Waals surface area contributed by atoms with Crippen LogP contribution in [0.5, 0.6) is 5.75 Å². The van der Waals surface area contributed by atoms with Crippen molar-refractivity contribution < 1.29 is 4.74 Å². The first-order chi connectivity index (χ1) is 7.04. The molecule has 0 saturated heterocycles. The minimum atomic E-state index is 0.244. The van der Waals surface area contributed by atoms with Crippen molar-refractivity contribution in [2.24, 2.45) is 11.7 Å². The molecule has 1 unspecified atom stereocenters. The summed E-state index contributed by atoms with van der Waals surface area (Å²) in [6.45, 7) is 9.06. The molecule has 2 N–H and O–H groups in total. The SMILES string of the molecule is Cc1cc(OC(C)C(C)C)ccc1CN. The molecule has 0 saturated carbocycles. The van der Waals surface area contributed by atoms with E-state index in [0.717, 1.165) is 5.75 Å². The molecule has 0 fully saturated rings. The lowest BCUT2D eigenvalue weighted by molar-refractivity contribution is 0.170. The van der Waals surface area contributed by atoms with Crippen molar-refractivity contribution in [2.75, 3.05) is 0 Å². The standard InChI is InChI=1S/C13H21NO/c1-9(2)11(4)15-13-6-5-12(8-14)10(3)7-13/h5-7,9,11H,8,14H2,1-4H3. The number of hydrogen-bond acceptors (Lipinski definition) is 2. The minimum Gasteiger partial charge on any atom is -0.490 e. The number of aryl methyl sites for hydroxylation is 1. The summed E-state index contributed by atoms with van der Waals surface area (Å²) in [5.74, 6) is 1.46. The van der Waals surface area contributed by atoms with E-state index >= 15 is 0 Å². The van der Waals surface area contributed by atoms with Gasteiger partial charge in [-0.3, -0.25) is 0 Å². The molecule has 0 aliphatic heterocycles. The van der Waals surface area contributed by atoms with Crippen molar-refractivity contribution in [3.05, 3.63) is 29.3 Å². The van der Waals surface area contributed by atoms with Gasteiger partial charge in [0.15, 0.2) is 0 Å². The van der Waals surface area contributed by atoms with Crippen LogP contribution < -0.4 is 10.5 Å². The maximum Gasteiger partial charge on any atom is 0.119 e. The Balaban J connectivity index is 2.75. The Kier molecular flexibility index (Phi) is 4.15. The van der Waals surface area contributed by atoms with Crippen LogP contribution in [-0.2, 0) is 6.54 Å². The van der Waals surface area contributed by atoms with Crippen LogP contribution in [0.2, 0.25) is 0 Å². The Morgan fingerprint density at radius 2 is 1.93 bits per heavy atom. The van der Waals surface area contributed by atoms with Crippen LogP contribution in [0.15, 0.2) is 18.2 Å². The van der Waals surface area contributed by atoms with Gasteiger partial charge in [0, 0.05) is 6.54 Å². The summed E-state index contributed by atoms with van der Waals surface area (Å²) in [4.78, 5) is 0. The van der Waals surface area contributed by atoms with E-state index in [1.807, 2.05) is 12.1 Å². The Morgan fingerprint density at radius 3 is 2.40 bits per heavy atom. The first kappa shape index (κ1) is 12.1. The van der Waals surface area contributed by atoms with Crippen molar-refractivity contribution in [1.82, 2.24) is 0 Å². The average molecular weight is 207 g/mol. The largest absolute Gasteiger partial charge is 0.490 e. The van der Waals surface area contributed by atoms with E-state index in [1.54, 1.807) is 0 Å². The van der Waals surface area contributed by atoms with Gasteiger partial charge in [0.2, 0.25) is 0 Å². The van der Waals surface area contributed by atoms with Gasteiger partial charge >= 0.3 is 0 Å². The van der Waals surface area contributed by atoms with E-state index < -0.39 is 0 Å². The molecular formula is C13H21NO. The van der Waals surface area contributed by atoms with Gasteiger partial charge in [-0.2, -0.15) is 0 Å². The fourth-order valence-corrected chi connectivity index (χ4v) is 1.32. The molecule has 0 spiro atoms. The Labute approximate surface area is 92.4 Å². The van der Waals surface area contributed by atoms with Crippen LogP contribution in [-0.4, -0.2) is 6.10 Å². The van der Waals surface area contributed by atoms with E-state index in [1.165, 1.54) is 11.1 Å². The van der Waals surface area contributed by atoms with Gasteiger partial charge in [-0.25, -0.2) is 0 Å². The zero-order chi connectivity index (χ0) is 11.4. The molecule has 1 atom stereocenters. The molecule has 0 aromatic heterocycles. The van der Waals surface area contributed by atoms with Crippen molar-refractivity contribution in [3.63, 3.8) is 0 Å². The second-order valence-electron chi connectivity index (χ2n) is 4.36. The van der Waals surface area contributed by atoms with Crippen molar-refractivity contribution >= 4 is 0 Å². The van der Waals surface area contributed by atoms with E-state index in [9.17, 15) is 0 Å². The quantitative estimate of drug-likeness (QED) is 0.824. The number of hydrogen-bond donors (Lipinski definition) is 1. The zero-order valence-electron chi connectivity index (χ0n) is 10.1. The zero-order valence-corrected chi connectivity index (χ0v) is 10.1. The Hall–Kier alpha value is -1.02. The summed E-state index contributed by atoms with van der Waals surface area (Å²) in [5.41, 5.74) is 7.99. The molecule has 2 heteroatoms. The molecule has 84 valence electrons. The van der Waals surface area contributed by atoms with Crippen LogP contribution in [0.25, 0.3) is 0 Å². The van der Waals surface area contributed by atoms with Crippen molar-refractivity contribution in [2.45, 2.75) is 40.3 Å². The molecule has 2 nitrogen and oxygen atoms in total. The van der Waals surface area contributed by atoms with Gasteiger partial charge in [-0.1, -0.05) is 19.9 Å². The van der Waals surface area contributed by atoms with Gasteiger partial charge in [0.05, 0.1) is 6.10 Å². The molecule has 0 aliphatic carbocycles. The summed E-state index contributed by atoms with van der Waals surface area (Å²) < 4.78 is 5.82. The van der Waals surface area contributed by atoms with Crippen LogP contribution in [0.3, 0.4) is 0 Å². The van der Waals surface area contributed by atoms with E-state index in [2.05, 4.69) is 33.8 Å². The third kappa shape index (κ3) is 3.24. The van der Waals surface area contributed by atoms with Crippen LogP contribution >= 0.6 is 0 Å². The van der Waals surface area contributed by atoms with E-state index in [0.29, 0.717) is 12.5 Å². The molecule has 1 aromatic rings. The highest BCUT2D eigenvalue weighted by Crippen LogP contribution is 2.19. The number of nitrogens with two attached hydrogens (primary N) is 1. The maximum absolute atomic E-state index is 5.82. The highest BCUT2D eigenvalue weighted by molar-refractivity contribution is 5.34. The molecule has 1 aromatic carbocycles. The van der Waals surface area contributed by atoms with Gasteiger partial charge in [-0.05, 0) is 43.0 Å². The monoisotopic (exact) mass is 207 g/mol. The van der Waals surface area contributed by atoms with Crippen LogP contribution in [0, 0.1) is 12.8 Å². The van der Waals surface area contributed by atoms with Crippen molar-refractivity contribution in [3.8, 4) is 5.75 Å². The summed E-state index contributed by atoms with van der Waals surface area (Å²) in [5, 5.41) is 0. The third-order valence-electron chi connectivity index (χ3n) is 2.79. The lowest BCUT2D eigenvalue weighted by atomic mass is 10.1. The predicted molar refractivity (Wildman–Crippen MR) is 64.0 cm³/mol. The van der Waals surface area contributed by atoms with Gasteiger partial charge in [-0.15, -0.1) is 0 Å².